The fraction of sp³-hybridized carbons (Fsp3) is 0.500. The molecule has 18 heteroatoms. The van der Waals surface area contributed by atoms with Gasteiger partial charge in [0, 0.05) is 19.0 Å². The van der Waals surface area contributed by atoms with Crippen molar-refractivity contribution in [3.63, 3.8) is 0 Å². The van der Waals surface area contributed by atoms with Crippen LogP contribution in [0, 0.1) is 17.6 Å². The second-order valence-corrected chi connectivity index (χ2v) is 13.8. The van der Waals surface area contributed by atoms with Crippen LogP contribution in [0.2, 0.25) is 0 Å². The van der Waals surface area contributed by atoms with Crippen LogP contribution in [0.4, 0.5) is 8.78 Å². The van der Waals surface area contributed by atoms with E-state index in [0.29, 0.717) is 30.8 Å². The number of nitrogens with two attached hydrogens (primary N) is 1. The molecule has 2 aliphatic rings. The number of carbonyl (C=O) groups excluding carboxylic acids is 7. The third-order valence-corrected chi connectivity index (χ3v) is 9.87. The van der Waals surface area contributed by atoms with Crippen LogP contribution in [-0.4, -0.2) is 103 Å². The number of rotatable bonds is 17. The van der Waals surface area contributed by atoms with Gasteiger partial charge in [-0.05, 0) is 55.0 Å². The zero-order valence-corrected chi connectivity index (χ0v) is 31.4. The second kappa shape index (κ2) is 19.8. The van der Waals surface area contributed by atoms with Gasteiger partial charge in [-0.25, -0.2) is 8.78 Å². The fourth-order valence-electron chi connectivity index (χ4n) is 7.02. The van der Waals surface area contributed by atoms with Crippen molar-refractivity contribution < 1.29 is 56.9 Å². The highest BCUT2D eigenvalue weighted by molar-refractivity contribution is 6.38. The number of amides is 6. The van der Waals surface area contributed by atoms with Gasteiger partial charge in [0.25, 0.3) is 11.8 Å². The molecule has 2 unspecified atom stereocenters. The number of likely N-dealkylation sites (tertiary alicyclic amines) is 1. The number of ketones is 1. The summed E-state index contributed by atoms with van der Waals surface area (Å²) >= 11 is 0. The number of methoxy groups -OCH3 is 2. The Labute approximate surface area is 322 Å². The van der Waals surface area contributed by atoms with Crippen LogP contribution in [0.3, 0.4) is 0 Å². The maximum absolute atomic E-state index is 14.5. The zero-order valence-electron chi connectivity index (χ0n) is 31.4. The van der Waals surface area contributed by atoms with Gasteiger partial charge in [0.1, 0.15) is 46.8 Å². The van der Waals surface area contributed by atoms with Gasteiger partial charge in [0.05, 0.1) is 32.9 Å². The SMILES string of the molecule is CCCC(NC(=O)[C@@H]1C[C@@H](O)CN1C(=O)[C@@H](NC(=O)c1c(F)cccc1F)C1CCCCC1)C(=O)C(=O)NCC(=O)NC(C(N)=O)c1cc(OC)cc(OC)c1. The van der Waals surface area contributed by atoms with Crippen LogP contribution in [0.25, 0.3) is 0 Å². The Bertz CT molecular complexity index is 1760. The molecule has 4 rings (SSSR count). The van der Waals surface area contributed by atoms with Crippen molar-refractivity contribution in [2.75, 3.05) is 27.3 Å². The van der Waals surface area contributed by atoms with Gasteiger partial charge in [-0.1, -0.05) is 38.7 Å². The molecular weight excluding hydrogens is 738 g/mol. The van der Waals surface area contributed by atoms with Gasteiger partial charge < -0.3 is 46.5 Å². The van der Waals surface area contributed by atoms with Crippen LogP contribution in [0.15, 0.2) is 36.4 Å². The molecule has 1 heterocycles. The first-order valence-corrected chi connectivity index (χ1v) is 18.4. The number of carbonyl (C=O) groups is 7. The van der Waals surface area contributed by atoms with Crippen molar-refractivity contribution in [3.8, 4) is 11.5 Å². The lowest BCUT2D eigenvalue weighted by Gasteiger charge is -2.34. The summed E-state index contributed by atoms with van der Waals surface area (Å²) in [4.78, 5) is 93.4. The molecule has 1 saturated carbocycles. The van der Waals surface area contributed by atoms with Crippen LogP contribution in [0.5, 0.6) is 11.5 Å². The van der Waals surface area contributed by atoms with E-state index in [4.69, 9.17) is 15.2 Å². The molecule has 7 N–H and O–H groups in total. The van der Waals surface area contributed by atoms with Crippen molar-refractivity contribution in [2.24, 2.45) is 11.7 Å². The first-order valence-electron chi connectivity index (χ1n) is 18.4. The normalized spacial score (nSPS) is 18.5. The third kappa shape index (κ3) is 10.8. The Balaban J connectivity index is 1.44. The number of benzene rings is 2. The quantitative estimate of drug-likeness (QED) is 0.124. The van der Waals surface area contributed by atoms with E-state index in [0.717, 1.165) is 42.4 Å². The predicted octanol–water partition coefficient (Wildman–Crippen LogP) is 0.936. The first kappa shape index (κ1) is 43.1. The molecule has 5 atom stereocenters. The summed E-state index contributed by atoms with van der Waals surface area (Å²) in [5.41, 5.74) is 4.89. The number of Topliss-reactive ketones (excluding diaryl/α,β-unsaturated/α-hetero) is 1. The maximum atomic E-state index is 14.5. The summed E-state index contributed by atoms with van der Waals surface area (Å²) in [5, 5.41) is 20.2. The summed E-state index contributed by atoms with van der Waals surface area (Å²) in [6, 6.07) is 2.01. The largest absolute Gasteiger partial charge is 0.497 e. The number of ether oxygens (including phenoxy) is 2. The molecule has 0 spiro atoms. The lowest BCUT2D eigenvalue weighted by molar-refractivity contribution is -0.143. The van der Waals surface area contributed by atoms with Gasteiger partial charge in [-0.15, -0.1) is 0 Å². The topological polar surface area (TPSA) is 236 Å². The number of hydrogen-bond acceptors (Lipinski definition) is 10. The third-order valence-electron chi connectivity index (χ3n) is 9.87. The summed E-state index contributed by atoms with van der Waals surface area (Å²) in [6.45, 7) is 0.644. The van der Waals surface area contributed by atoms with E-state index in [-0.39, 0.29) is 24.9 Å². The molecular formula is C38H48F2N6O10. The molecule has 304 valence electrons. The lowest BCUT2D eigenvalue weighted by Crippen LogP contribution is -2.58. The number of aliphatic hydroxyl groups is 1. The number of halogens is 2. The monoisotopic (exact) mass is 786 g/mol. The van der Waals surface area contributed by atoms with Crippen LogP contribution < -0.4 is 36.5 Å². The second-order valence-electron chi connectivity index (χ2n) is 13.8. The molecule has 2 aromatic rings. The first-order chi connectivity index (χ1) is 26.7. The number of aliphatic hydroxyl groups excluding tert-OH is 1. The minimum atomic E-state index is -1.40. The van der Waals surface area contributed by atoms with Gasteiger partial charge in [-0.2, -0.15) is 0 Å². The van der Waals surface area contributed by atoms with Crippen molar-refractivity contribution in [3.05, 3.63) is 59.2 Å². The van der Waals surface area contributed by atoms with Gasteiger partial charge >= 0.3 is 0 Å². The van der Waals surface area contributed by atoms with E-state index < -0.39 is 101 Å². The van der Waals surface area contributed by atoms with E-state index >= 15 is 0 Å². The smallest absolute Gasteiger partial charge is 0.290 e. The minimum absolute atomic E-state index is 0.0101. The molecule has 0 aromatic heterocycles. The molecule has 16 nitrogen and oxygen atoms in total. The van der Waals surface area contributed by atoms with Crippen LogP contribution >= 0.6 is 0 Å². The standard InChI is InChI=1S/C38H48F2N6O10/c1-4-9-27(33(49)37(53)42-18-29(48)44-31(34(41)50)21-14-23(55-2)17-24(15-21)56-3)43-35(51)28-16-22(47)19-46(28)38(54)32(20-10-6-5-7-11-20)45-36(52)30-25(39)12-8-13-26(30)40/h8,12-15,17,20,22,27-28,31-32,47H,4-7,9-11,16,18-19H2,1-3H3,(H2,41,50)(H,42,53)(H,43,51)(H,44,48)(H,45,52)/t22-,27?,28+,31?,32+/m1/s1. The molecule has 2 fully saturated rings. The number of primary amides is 1. The zero-order chi connectivity index (χ0) is 41.1. The van der Waals surface area contributed by atoms with E-state index in [1.807, 2.05) is 0 Å². The molecule has 6 amide bonds. The average Bonchev–Trinajstić information content (AvgIpc) is 3.58. The van der Waals surface area contributed by atoms with Crippen LogP contribution in [0.1, 0.15) is 80.3 Å². The van der Waals surface area contributed by atoms with Gasteiger partial charge in [-0.3, -0.25) is 33.6 Å². The lowest BCUT2D eigenvalue weighted by atomic mass is 9.83. The molecule has 1 saturated heterocycles. The highest BCUT2D eigenvalue weighted by atomic mass is 19.1. The summed E-state index contributed by atoms with van der Waals surface area (Å²) in [6.07, 6.45) is 2.31. The highest BCUT2D eigenvalue weighted by Crippen LogP contribution is 2.30. The molecule has 0 radical (unpaired) electrons. The maximum Gasteiger partial charge on any atom is 0.290 e. The Kier molecular flexibility index (Phi) is 15.2. The summed E-state index contributed by atoms with van der Waals surface area (Å²) < 4.78 is 39.4. The molecule has 0 bridgehead atoms. The van der Waals surface area contributed by atoms with Crippen molar-refractivity contribution >= 4 is 41.2 Å². The van der Waals surface area contributed by atoms with E-state index in [1.165, 1.54) is 32.4 Å². The van der Waals surface area contributed by atoms with Gasteiger partial charge in [0.2, 0.25) is 29.4 Å². The number of β-amino-alcohol motifs (C(OH)–C–C–N with tert-alkyl or cyclic N) is 1. The van der Waals surface area contributed by atoms with E-state index in [9.17, 15) is 47.4 Å². The minimum Gasteiger partial charge on any atom is -0.497 e. The van der Waals surface area contributed by atoms with Crippen LogP contribution in [-0.2, 0) is 28.8 Å². The Morgan fingerprint density at radius 1 is 0.929 bits per heavy atom. The summed E-state index contributed by atoms with van der Waals surface area (Å²) in [5.74, 6) is -8.93. The molecule has 2 aromatic carbocycles. The predicted molar refractivity (Wildman–Crippen MR) is 195 cm³/mol. The van der Waals surface area contributed by atoms with Crippen molar-refractivity contribution in [1.29, 1.82) is 0 Å². The Morgan fingerprint density at radius 3 is 2.12 bits per heavy atom. The Morgan fingerprint density at radius 2 is 1.55 bits per heavy atom. The van der Waals surface area contributed by atoms with Gasteiger partial charge in [0.15, 0.2) is 0 Å². The highest BCUT2D eigenvalue weighted by Gasteiger charge is 2.45. The Hall–Kier alpha value is -5.65. The van der Waals surface area contributed by atoms with Crippen molar-refractivity contribution in [2.45, 2.75) is 88.6 Å². The van der Waals surface area contributed by atoms with E-state index in [1.54, 1.807) is 6.92 Å². The molecule has 1 aliphatic carbocycles. The number of hydrogen-bond donors (Lipinski definition) is 6. The molecule has 56 heavy (non-hydrogen) atoms. The fourth-order valence-corrected chi connectivity index (χ4v) is 7.02. The average molecular weight is 787 g/mol. The van der Waals surface area contributed by atoms with E-state index in [2.05, 4.69) is 21.3 Å². The molecule has 1 aliphatic heterocycles. The van der Waals surface area contributed by atoms with Crippen molar-refractivity contribution in [1.82, 2.24) is 26.2 Å². The summed E-state index contributed by atoms with van der Waals surface area (Å²) in [7, 11) is 2.78. The number of nitrogens with one attached hydrogen (secondary N) is 4. The number of nitrogens with zero attached hydrogens (tertiary/aromatic N) is 1.